The molecule has 2 aromatic carbocycles. The van der Waals surface area contributed by atoms with E-state index < -0.39 is 32.5 Å². The van der Waals surface area contributed by atoms with Crippen LogP contribution in [0, 0.1) is 17.7 Å². The third-order valence-electron chi connectivity index (χ3n) is 6.52. The molecular formula is C24H25ClF4O4S. The van der Waals surface area contributed by atoms with Gasteiger partial charge in [0.2, 0.25) is 0 Å². The molecule has 0 aromatic heterocycles. The van der Waals surface area contributed by atoms with Crippen LogP contribution in [0.2, 0.25) is 5.02 Å². The summed E-state index contributed by atoms with van der Waals surface area (Å²) in [6.45, 7) is 3.16. The third kappa shape index (κ3) is 5.92. The fourth-order valence-corrected chi connectivity index (χ4v) is 6.15. The van der Waals surface area contributed by atoms with Crippen molar-refractivity contribution in [1.29, 1.82) is 0 Å². The van der Waals surface area contributed by atoms with Gasteiger partial charge in [-0.1, -0.05) is 17.7 Å². The lowest BCUT2D eigenvalue weighted by Crippen LogP contribution is -2.46. The van der Waals surface area contributed by atoms with Gasteiger partial charge in [-0.15, -0.1) is 13.2 Å². The smallest absolute Gasteiger partial charge is 0.406 e. The highest BCUT2D eigenvalue weighted by Crippen LogP contribution is 2.48. The largest absolute Gasteiger partial charge is 0.573 e. The SMILES string of the molecule is CC(C)(C1CC(CCCC(=O)c2ccc(Cl)c(F)c2)C1)S(=O)(=O)c1cccc(OC(F)(F)F)c1. The Morgan fingerprint density at radius 1 is 1.12 bits per heavy atom. The Hall–Kier alpha value is -2.13. The van der Waals surface area contributed by atoms with Crippen molar-refractivity contribution < 1.29 is 35.5 Å². The molecule has 0 spiro atoms. The first-order valence-corrected chi connectivity index (χ1v) is 12.7. The molecule has 0 aliphatic heterocycles. The van der Waals surface area contributed by atoms with Crippen LogP contribution in [0.3, 0.4) is 0 Å². The zero-order valence-electron chi connectivity index (χ0n) is 18.7. The molecule has 1 aliphatic carbocycles. The lowest BCUT2D eigenvalue weighted by molar-refractivity contribution is -0.274. The monoisotopic (exact) mass is 520 g/mol. The summed E-state index contributed by atoms with van der Waals surface area (Å²) in [4.78, 5) is 12.0. The number of Topliss-reactive ketones (excluding diaryl/α,β-unsaturated/α-hetero) is 1. The molecule has 0 amide bonds. The molecule has 34 heavy (non-hydrogen) atoms. The van der Waals surface area contributed by atoms with Crippen molar-refractivity contribution >= 4 is 27.2 Å². The minimum Gasteiger partial charge on any atom is -0.406 e. The van der Waals surface area contributed by atoms with Gasteiger partial charge in [0.15, 0.2) is 15.6 Å². The van der Waals surface area contributed by atoms with E-state index in [9.17, 15) is 30.8 Å². The molecule has 0 heterocycles. The van der Waals surface area contributed by atoms with Gasteiger partial charge in [0, 0.05) is 12.0 Å². The number of sulfone groups is 1. The van der Waals surface area contributed by atoms with E-state index in [0.29, 0.717) is 19.3 Å². The highest BCUT2D eigenvalue weighted by molar-refractivity contribution is 7.92. The lowest BCUT2D eigenvalue weighted by Gasteiger charge is -2.45. The van der Waals surface area contributed by atoms with Gasteiger partial charge in [-0.2, -0.15) is 0 Å². The predicted octanol–water partition coefficient (Wildman–Crippen LogP) is 7.01. The number of ketones is 1. The Labute approximate surface area is 201 Å². The molecule has 1 fully saturated rings. The van der Waals surface area contributed by atoms with Crippen molar-refractivity contribution in [1.82, 2.24) is 0 Å². The van der Waals surface area contributed by atoms with Crippen molar-refractivity contribution in [2.75, 3.05) is 0 Å². The molecule has 4 nitrogen and oxygen atoms in total. The molecule has 0 atom stereocenters. The first-order chi connectivity index (χ1) is 15.7. The van der Waals surface area contributed by atoms with Crippen LogP contribution in [-0.2, 0) is 9.84 Å². The van der Waals surface area contributed by atoms with E-state index in [4.69, 9.17) is 11.6 Å². The number of ether oxygens (including phenoxy) is 1. The number of halogens is 5. The maximum atomic E-state index is 13.5. The van der Waals surface area contributed by atoms with Gasteiger partial charge in [0.1, 0.15) is 11.6 Å². The van der Waals surface area contributed by atoms with Crippen molar-refractivity contribution in [3.63, 3.8) is 0 Å². The standard InChI is InChI=1S/C24H25ClF4O4S/c1-23(2,34(31,32)19-7-4-6-18(14-19)33-24(27,28)29)17-11-15(12-17)5-3-8-22(30)16-9-10-20(25)21(26)13-16/h4,6-7,9-10,13-15,17H,3,5,8,11-12H2,1-2H3. The molecule has 1 aliphatic rings. The van der Waals surface area contributed by atoms with E-state index in [1.807, 2.05) is 0 Å². The van der Waals surface area contributed by atoms with E-state index in [1.165, 1.54) is 24.3 Å². The first-order valence-electron chi connectivity index (χ1n) is 10.8. The minimum atomic E-state index is -4.91. The summed E-state index contributed by atoms with van der Waals surface area (Å²) in [6, 6.07) is 8.37. The fourth-order valence-electron chi connectivity index (χ4n) is 4.27. The van der Waals surface area contributed by atoms with E-state index in [-0.39, 0.29) is 39.5 Å². The normalized spacial score (nSPS) is 18.9. The molecule has 0 saturated heterocycles. The fraction of sp³-hybridized carbons (Fsp3) is 0.458. The summed E-state index contributed by atoms with van der Waals surface area (Å²) in [6.07, 6.45) is -2.09. The van der Waals surface area contributed by atoms with Crippen LogP contribution in [0.5, 0.6) is 5.75 Å². The van der Waals surface area contributed by atoms with Gasteiger partial charge in [0.05, 0.1) is 14.7 Å². The molecule has 10 heteroatoms. The van der Waals surface area contributed by atoms with E-state index in [1.54, 1.807) is 13.8 Å². The summed E-state index contributed by atoms with van der Waals surface area (Å²) in [5.41, 5.74) is 0.261. The van der Waals surface area contributed by atoms with Crippen LogP contribution in [0.4, 0.5) is 17.6 Å². The maximum Gasteiger partial charge on any atom is 0.573 e. The molecule has 3 rings (SSSR count). The second-order valence-electron chi connectivity index (χ2n) is 9.11. The van der Waals surface area contributed by atoms with Crippen LogP contribution in [0.25, 0.3) is 0 Å². The summed E-state index contributed by atoms with van der Waals surface area (Å²) >= 11 is 5.63. The Balaban J connectivity index is 1.55. The molecule has 186 valence electrons. The van der Waals surface area contributed by atoms with Gasteiger partial charge in [0.25, 0.3) is 0 Å². The summed E-state index contributed by atoms with van der Waals surface area (Å²) in [5, 5.41) is -0.0470. The first kappa shape index (κ1) is 26.5. The number of hydrogen-bond donors (Lipinski definition) is 0. The number of carbonyl (C=O) groups is 1. The van der Waals surface area contributed by atoms with Crippen molar-refractivity contribution in [3.05, 3.63) is 58.9 Å². The van der Waals surface area contributed by atoms with Gasteiger partial charge in [-0.3, -0.25) is 4.79 Å². The van der Waals surface area contributed by atoms with Gasteiger partial charge >= 0.3 is 6.36 Å². The Kier molecular flexibility index (Phi) is 7.67. The number of rotatable bonds is 9. The zero-order chi connectivity index (χ0) is 25.3. The van der Waals surface area contributed by atoms with Crippen molar-refractivity contribution in [3.8, 4) is 5.75 Å². The average molecular weight is 521 g/mol. The Morgan fingerprint density at radius 3 is 2.41 bits per heavy atom. The molecule has 0 unspecified atom stereocenters. The number of benzene rings is 2. The van der Waals surface area contributed by atoms with Crippen LogP contribution in [-0.4, -0.2) is 25.3 Å². The molecule has 0 radical (unpaired) electrons. The van der Waals surface area contributed by atoms with Crippen molar-refractivity contribution in [2.24, 2.45) is 11.8 Å². The molecule has 0 N–H and O–H groups in total. The van der Waals surface area contributed by atoms with E-state index >= 15 is 0 Å². The maximum absolute atomic E-state index is 13.5. The highest BCUT2D eigenvalue weighted by atomic mass is 35.5. The number of alkyl halides is 3. The van der Waals surface area contributed by atoms with Crippen molar-refractivity contribution in [2.45, 2.75) is 62.0 Å². The van der Waals surface area contributed by atoms with Gasteiger partial charge in [-0.25, -0.2) is 12.8 Å². The third-order valence-corrected chi connectivity index (χ3v) is 9.42. The summed E-state index contributed by atoms with van der Waals surface area (Å²) in [7, 11) is -3.93. The zero-order valence-corrected chi connectivity index (χ0v) is 20.2. The van der Waals surface area contributed by atoms with Gasteiger partial charge in [-0.05, 0) is 87.8 Å². The second kappa shape index (κ2) is 9.85. The number of carbonyl (C=O) groups excluding carboxylic acids is 1. The predicted molar refractivity (Wildman–Crippen MR) is 120 cm³/mol. The quantitative estimate of drug-likeness (QED) is 0.263. The Bertz CT molecular complexity index is 1160. The second-order valence-corrected chi connectivity index (χ2v) is 12.0. The molecular weight excluding hydrogens is 496 g/mol. The highest BCUT2D eigenvalue weighted by Gasteiger charge is 2.48. The minimum absolute atomic E-state index is 0.0470. The molecule has 1 saturated carbocycles. The van der Waals surface area contributed by atoms with E-state index in [0.717, 1.165) is 24.6 Å². The van der Waals surface area contributed by atoms with Crippen LogP contribution in [0.1, 0.15) is 56.3 Å². The van der Waals surface area contributed by atoms with Crippen LogP contribution in [0.15, 0.2) is 47.4 Å². The summed E-state index contributed by atoms with van der Waals surface area (Å²) < 4.78 is 80.1. The lowest BCUT2D eigenvalue weighted by atomic mass is 9.67. The van der Waals surface area contributed by atoms with E-state index in [2.05, 4.69) is 4.74 Å². The molecule has 0 bridgehead atoms. The van der Waals surface area contributed by atoms with Crippen LogP contribution < -0.4 is 4.74 Å². The topological polar surface area (TPSA) is 60.4 Å². The van der Waals surface area contributed by atoms with Gasteiger partial charge < -0.3 is 4.74 Å². The Morgan fingerprint density at radius 2 is 1.79 bits per heavy atom. The van der Waals surface area contributed by atoms with Crippen LogP contribution >= 0.6 is 11.6 Å². The molecule has 2 aromatic rings. The average Bonchev–Trinajstić information content (AvgIpc) is 2.70. The number of hydrogen-bond acceptors (Lipinski definition) is 4. The summed E-state index contributed by atoms with van der Waals surface area (Å²) in [5.74, 6) is -1.34.